The molecule has 1 fully saturated rings. The van der Waals surface area contributed by atoms with Crippen molar-refractivity contribution in [1.82, 2.24) is 24.5 Å². The summed E-state index contributed by atoms with van der Waals surface area (Å²) in [7, 11) is -3.76. The molecule has 0 radical (unpaired) electrons. The Balaban J connectivity index is 1.45. The molecule has 2 aliphatic rings. The lowest BCUT2D eigenvalue weighted by atomic mass is 9.90. The quantitative estimate of drug-likeness (QED) is 0.621. The second kappa shape index (κ2) is 8.48. The smallest absolute Gasteiger partial charge is 0.263 e. The number of anilines is 1. The van der Waals surface area contributed by atoms with Gasteiger partial charge < -0.3 is 4.74 Å². The molecular formula is C20H22N6O3S2. The fraction of sp³-hybridized carbons (Fsp3) is 0.400. The molecule has 1 N–H and O–H groups in total. The van der Waals surface area contributed by atoms with Gasteiger partial charge >= 0.3 is 0 Å². The molecule has 0 bridgehead atoms. The molecule has 162 valence electrons. The van der Waals surface area contributed by atoms with Gasteiger partial charge in [-0.3, -0.25) is 9.62 Å². The van der Waals surface area contributed by atoms with Crippen LogP contribution < -0.4 is 9.46 Å². The molecule has 4 heterocycles. The first-order valence-electron chi connectivity index (χ1n) is 10.2. The van der Waals surface area contributed by atoms with Gasteiger partial charge in [0.1, 0.15) is 12.1 Å². The van der Waals surface area contributed by atoms with Gasteiger partial charge in [0.15, 0.2) is 0 Å². The fourth-order valence-corrected chi connectivity index (χ4v) is 6.11. The summed E-state index contributed by atoms with van der Waals surface area (Å²) in [4.78, 5) is 6.55. The standard InChI is InChI=1S/C20H22N6O3S2/c27-31(28,25-20-21-13-24-30-20)15-4-5-16-18(7-10-29-19(16)11-15)26-9-2-1-3-17(26)14-6-8-22-23-12-14/h4-6,8,11-13,17-18H,1-3,7,9-10H2,(H,21,24,25)/t17-,18-/m0/s1. The van der Waals surface area contributed by atoms with Gasteiger partial charge in [-0.25, -0.2) is 13.4 Å². The van der Waals surface area contributed by atoms with Crippen molar-refractivity contribution in [2.75, 3.05) is 17.9 Å². The lowest BCUT2D eigenvalue weighted by molar-refractivity contribution is 0.0666. The average molecular weight is 459 g/mol. The first kappa shape index (κ1) is 20.3. The molecule has 9 nitrogen and oxygen atoms in total. The molecule has 2 atom stereocenters. The average Bonchev–Trinajstić information content (AvgIpc) is 3.31. The molecule has 5 rings (SSSR count). The molecule has 0 spiro atoms. The van der Waals surface area contributed by atoms with Crippen LogP contribution in [0.4, 0.5) is 5.13 Å². The van der Waals surface area contributed by atoms with Crippen LogP contribution in [-0.4, -0.2) is 46.0 Å². The molecule has 11 heteroatoms. The van der Waals surface area contributed by atoms with E-state index < -0.39 is 10.0 Å². The zero-order valence-corrected chi connectivity index (χ0v) is 18.3. The molecule has 2 aliphatic heterocycles. The Morgan fingerprint density at radius 2 is 2.06 bits per heavy atom. The van der Waals surface area contributed by atoms with Gasteiger partial charge in [0.2, 0.25) is 5.13 Å². The minimum Gasteiger partial charge on any atom is -0.493 e. The molecule has 1 aromatic carbocycles. The third kappa shape index (κ3) is 4.12. The maximum absolute atomic E-state index is 12.8. The molecule has 0 saturated carbocycles. The van der Waals surface area contributed by atoms with Gasteiger partial charge in [-0.2, -0.15) is 14.6 Å². The second-order valence-corrected chi connectivity index (χ2v) is 10.1. The molecule has 1 saturated heterocycles. The van der Waals surface area contributed by atoms with Crippen LogP contribution in [-0.2, 0) is 10.0 Å². The molecule has 3 aromatic rings. The Labute approximate surface area is 184 Å². The van der Waals surface area contributed by atoms with Crippen LogP contribution >= 0.6 is 11.5 Å². The van der Waals surface area contributed by atoms with E-state index in [1.54, 1.807) is 18.3 Å². The van der Waals surface area contributed by atoms with Crippen LogP contribution in [0.25, 0.3) is 0 Å². The highest BCUT2D eigenvalue weighted by Gasteiger charge is 2.35. The number of rotatable bonds is 5. The van der Waals surface area contributed by atoms with Crippen LogP contribution in [0.15, 0.2) is 47.9 Å². The first-order chi connectivity index (χ1) is 15.1. The number of hydrogen-bond acceptors (Lipinski definition) is 9. The van der Waals surface area contributed by atoms with E-state index in [1.165, 1.54) is 18.3 Å². The largest absolute Gasteiger partial charge is 0.493 e. The third-order valence-electron chi connectivity index (χ3n) is 5.82. The summed E-state index contributed by atoms with van der Waals surface area (Å²) in [5.41, 5.74) is 2.19. The molecule has 0 unspecified atom stereocenters. The van der Waals surface area contributed by atoms with E-state index in [9.17, 15) is 8.42 Å². The Morgan fingerprint density at radius 3 is 2.87 bits per heavy atom. The Hall–Kier alpha value is -2.63. The molecule has 31 heavy (non-hydrogen) atoms. The first-order valence-corrected chi connectivity index (χ1v) is 12.5. The maximum Gasteiger partial charge on any atom is 0.263 e. The van der Waals surface area contributed by atoms with Crippen molar-refractivity contribution in [3.63, 3.8) is 0 Å². The van der Waals surface area contributed by atoms with Gasteiger partial charge in [0.25, 0.3) is 10.0 Å². The summed E-state index contributed by atoms with van der Waals surface area (Å²) in [6.45, 7) is 1.53. The van der Waals surface area contributed by atoms with Crippen molar-refractivity contribution in [3.05, 3.63) is 54.1 Å². The van der Waals surface area contributed by atoms with E-state index in [-0.39, 0.29) is 22.1 Å². The molecule has 0 amide bonds. The minimum atomic E-state index is -3.76. The number of nitrogens with zero attached hydrogens (tertiary/aromatic N) is 5. The van der Waals surface area contributed by atoms with Gasteiger partial charge in [0, 0.05) is 47.9 Å². The Bertz CT molecular complexity index is 1140. The Morgan fingerprint density at radius 1 is 1.13 bits per heavy atom. The fourth-order valence-electron chi connectivity index (χ4n) is 4.44. The number of piperidine rings is 1. The van der Waals surface area contributed by atoms with Crippen molar-refractivity contribution < 1.29 is 13.2 Å². The van der Waals surface area contributed by atoms with Crippen LogP contribution in [0.5, 0.6) is 5.75 Å². The van der Waals surface area contributed by atoms with E-state index in [4.69, 9.17) is 4.74 Å². The van der Waals surface area contributed by atoms with Gasteiger partial charge in [0.05, 0.1) is 17.7 Å². The van der Waals surface area contributed by atoms with Crippen molar-refractivity contribution in [2.24, 2.45) is 0 Å². The van der Waals surface area contributed by atoms with Gasteiger partial charge in [-0.05, 0) is 37.1 Å². The van der Waals surface area contributed by atoms with Crippen molar-refractivity contribution >= 4 is 26.7 Å². The van der Waals surface area contributed by atoms with Crippen LogP contribution in [0.1, 0.15) is 48.9 Å². The highest BCUT2D eigenvalue weighted by molar-refractivity contribution is 7.93. The lowest BCUT2D eigenvalue weighted by Crippen LogP contribution is -2.39. The topological polar surface area (TPSA) is 110 Å². The SMILES string of the molecule is O=S(=O)(Nc1ncns1)c1ccc2c(c1)OCC[C@@H]2N1CCCC[C@H]1c1ccnnc1. The zero-order chi connectivity index (χ0) is 21.3. The second-order valence-electron chi connectivity index (χ2n) is 7.63. The summed E-state index contributed by atoms with van der Waals surface area (Å²) < 4.78 is 37.7. The normalized spacial score (nSPS) is 21.8. The predicted octanol–water partition coefficient (Wildman–Crippen LogP) is 3.18. The number of hydrogen-bond donors (Lipinski definition) is 1. The number of benzene rings is 1. The van der Waals surface area contributed by atoms with E-state index in [0.717, 1.165) is 42.9 Å². The summed E-state index contributed by atoms with van der Waals surface area (Å²) >= 11 is 0.992. The van der Waals surface area contributed by atoms with E-state index in [1.807, 2.05) is 18.3 Å². The number of nitrogens with one attached hydrogen (secondary N) is 1. The number of fused-ring (bicyclic) bond motifs is 1. The zero-order valence-electron chi connectivity index (χ0n) is 16.7. The van der Waals surface area contributed by atoms with Crippen LogP contribution in [0, 0.1) is 0 Å². The minimum absolute atomic E-state index is 0.149. The molecule has 0 aliphatic carbocycles. The predicted molar refractivity (Wildman–Crippen MR) is 115 cm³/mol. The third-order valence-corrected chi connectivity index (χ3v) is 7.87. The highest BCUT2D eigenvalue weighted by Crippen LogP contribution is 2.43. The summed E-state index contributed by atoms with van der Waals surface area (Å²) in [5.74, 6) is 0.619. The molecule has 2 aromatic heterocycles. The van der Waals surface area contributed by atoms with Crippen molar-refractivity contribution in [3.8, 4) is 5.75 Å². The number of sulfonamides is 1. The summed E-state index contributed by atoms with van der Waals surface area (Å²) in [5, 5.41) is 8.22. The van der Waals surface area contributed by atoms with Gasteiger partial charge in [-0.1, -0.05) is 12.5 Å². The number of likely N-dealkylation sites (tertiary alicyclic amines) is 1. The van der Waals surface area contributed by atoms with Crippen LogP contribution in [0.3, 0.4) is 0 Å². The van der Waals surface area contributed by atoms with Gasteiger partial charge in [-0.15, -0.1) is 0 Å². The summed E-state index contributed by atoms with van der Waals surface area (Å²) in [6.07, 6.45) is 9.14. The van der Waals surface area contributed by atoms with Crippen molar-refractivity contribution in [2.45, 2.75) is 42.7 Å². The van der Waals surface area contributed by atoms with E-state index >= 15 is 0 Å². The summed E-state index contributed by atoms with van der Waals surface area (Å²) in [6, 6.07) is 7.59. The van der Waals surface area contributed by atoms with E-state index in [0.29, 0.717) is 12.4 Å². The Kier molecular flexibility index (Phi) is 5.55. The monoisotopic (exact) mass is 458 g/mol. The van der Waals surface area contributed by atoms with Crippen LogP contribution in [0.2, 0.25) is 0 Å². The molecular weight excluding hydrogens is 436 g/mol. The number of aromatic nitrogens is 4. The highest BCUT2D eigenvalue weighted by atomic mass is 32.2. The maximum atomic E-state index is 12.8. The lowest BCUT2D eigenvalue weighted by Gasteiger charge is -2.43. The van der Waals surface area contributed by atoms with E-state index in [2.05, 4.69) is 29.2 Å². The number of ether oxygens (including phenoxy) is 1. The van der Waals surface area contributed by atoms with Crippen molar-refractivity contribution in [1.29, 1.82) is 0 Å².